The molecular formula is C12H12N4O3S. The Morgan fingerprint density at radius 2 is 2.30 bits per heavy atom. The van der Waals surface area contributed by atoms with Crippen molar-refractivity contribution in [2.24, 2.45) is 0 Å². The number of aliphatic carboxylic acids is 1. The van der Waals surface area contributed by atoms with E-state index in [1.165, 1.54) is 0 Å². The van der Waals surface area contributed by atoms with Crippen LogP contribution in [0.25, 0.3) is 11.0 Å². The summed E-state index contributed by atoms with van der Waals surface area (Å²) in [5.74, 6) is -0.242. The van der Waals surface area contributed by atoms with Gasteiger partial charge >= 0.3 is 5.97 Å². The first kappa shape index (κ1) is 14.1. The number of H-pyrrole nitrogens is 1. The third kappa shape index (κ3) is 2.67. The number of rotatable bonds is 5. The molecular weight excluding hydrogens is 280 g/mol. The van der Waals surface area contributed by atoms with Gasteiger partial charge in [-0.3, -0.25) is 4.79 Å². The van der Waals surface area contributed by atoms with E-state index in [-0.39, 0.29) is 5.75 Å². The van der Waals surface area contributed by atoms with E-state index < -0.39 is 5.97 Å². The summed E-state index contributed by atoms with van der Waals surface area (Å²) in [6.07, 6.45) is 0. The summed E-state index contributed by atoms with van der Waals surface area (Å²) in [7, 11) is 0. The summed E-state index contributed by atoms with van der Waals surface area (Å²) in [6.45, 7) is 3.96. The van der Waals surface area contributed by atoms with E-state index >= 15 is 0 Å². The van der Waals surface area contributed by atoms with Gasteiger partial charge in [0.2, 0.25) is 5.88 Å². The van der Waals surface area contributed by atoms with Crippen molar-refractivity contribution in [3.05, 3.63) is 11.4 Å². The third-order valence-corrected chi connectivity index (χ3v) is 3.42. The number of carboxylic acids is 1. The van der Waals surface area contributed by atoms with Crippen molar-refractivity contribution in [3.8, 4) is 11.9 Å². The first-order valence-corrected chi connectivity index (χ1v) is 6.83. The predicted octanol–water partition coefficient (Wildman–Crippen LogP) is 1.71. The first-order valence-electron chi connectivity index (χ1n) is 5.84. The number of aryl methyl sites for hydroxylation is 1. The summed E-state index contributed by atoms with van der Waals surface area (Å²) in [5, 5.41) is 19.0. The molecule has 0 aliphatic carbocycles. The highest BCUT2D eigenvalue weighted by molar-refractivity contribution is 8.00. The van der Waals surface area contributed by atoms with Gasteiger partial charge in [-0.05, 0) is 13.8 Å². The van der Waals surface area contributed by atoms with Crippen LogP contribution >= 0.6 is 11.8 Å². The summed E-state index contributed by atoms with van der Waals surface area (Å²) in [4.78, 5) is 22.0. The number of carboxylic acid groups (broad SMARTS) is 1. The normalized spacial score (nSPS) is 10.4. The number of nitrogens with zero attached hydrogens (tertiary/aromatic N) is 3. The van der Waals surface area contributed by atoms with Crippen LogP contribution in [0.1, 0.15) is 18.3 Å². The largest absolute Gasteiger partial charge is 0.481 e. The Morgan fingerprint density at radius 1 is 1.55 bits per heavy atom. The molecule has 0 aromatic carbocycles. The van der Waals surface area contributed by atoms with Crippen molar-refractivity contribution >= 4 is 28.8 Å². The lowest BCUT2D eigenvalue weighted by Gasteiger charge is -2.04. The average Bonchev–Trinajstić information content (AvgIpc) is 2.74. The lowest BCUT2D eigenvalue weighted by atomic mass is 10.2. The second-order valence-electron chi connectivity index (χ2n) is 3.86. The standard InChI is InChI=1S/C12H12N4O3S/c1-3-19-11-9-7(4-13)12(20-5-8(17)18)16-10(9)14-6(2)15-11/h3,5H2,1-2H3,(H,17,18)(H,14,15,16). The summed E-state index contributed by atoms with van der Waals surface area (Å²) >= 11 is 1.04. The fourth-order valence-electron chi connectivity index (χ4n) is 1.74. The average molecular weight is 292 g/mol. The zero-order valence-electron chi connectivity index (χ0n) is 10.9. The molecule has 0 atom stereocenters. The molecule has 0 aliphatic rings. The molecule has 0 radical (unpaired) electrons. The molecule has 0 spiro atoms. The minimum absolute atomic E-state index is 0.141. The van der Waals surface area contributed by atoms with Crippen LogP contribution in [0, 0.1) is 18.3 Å². The molecule has 104 valence electrons. The van der Waals surface area contributed by atoms with Crippen LogP contribution in [-0.2, 0) is 4.79 Å². The highest BCUT2D eigenvalue weighted by Gasteiger charge is 2.19. The van der Waals surface area contributed by atoms with Gasteiger partial charge < -0.3 is 14.8 Å². The molecule has 2 heterocycles. The number of fused-ring (bicyclic) bond motifs is 1. The van der Waals surface area contributed by atoms with E-state index in [0.29, 0.717) is 39.9 Å². The number of hydrogen-bond acceptors (Lipinski definition) is 6. The zero-order valence-corrected chi connectivity index (χ0v) is 11.7. The smallest absolute Gasteiger partial charge is 0.313 e. The highest BCUT2D eigenvalue weighted by Crippen LogP contribution is 2.33. The summed E-state index contributed by atoms with van der Waals surface area (Å²) < 4.78 is 5.43. The molecule has 0 amide bonds. The molecule has 0 saturated heterocycles. The van der Waals surface area contributed by atoms with Gasteiger partial charge in [0.15, 0.2) is 0 Å². The Bertz CT molecular complexity index is 705. The predicted molar refractivity (Wildman–Crippen MR) is 72.9 cm³/mol. The first-order chi connectivity index (χ1) is 9.56. The number of aromatic amines is 1. The zero-order chi connectivity index (χ0) is 14.7. The van der Waals surface area contributed by atoms with Gasteiger partial charge in [-0.15, -0.1) is 0 Å². The van der Waals surface area contributed by atoms with Crippen molar-refractivity contribution in [1.82, 2.24) is 15.0 Å². The van der Waals surface area contributed by atoms with Crippen LogP contribution in [0.15, 0.2) is 5.03 Å². The number of carbonyl (C=O) groups is 1. The Labute approximate surface area is 119 Å². The van der Waals surface area contributed by atoms with Gasteiger partial charge in [0, 0.05) is 0 Å². The molecule has 0 fully saturated rings. The Morgan fingerprint density at radius 3 is 2.90 bits per heavy atom. The number of aromatic nitrogens is 3. The van der Waals surface area contributed by atoms with Crippen molar-refractivity contribution in [2.45, 2.75) is 18.9 Å². The SMILES string of the molecule is CCOc1nc(C)nc2[nH]c(SCC(=O)O)c(C#N)c12. The van der Waals surface area contributed by atoms with Crippen molar-refractivity contribution < 1.29 is 14.6 Å². The fourth-order valence-corrected chi connectivity index (χ4v) is 2.46. The molecule has 0 unspecified atom stereocenters. The van der Waals surface area contributed by atoms with Crippen molar-refractivity contribution in [3.63, 3.8) is 0 Å². The summed E-state index contributed by atoms with van der Waals surface area (Å²) in [6, 6.07) is 2.06. The maximum atomic E-state index is 10.6. The Kier molecular flexibility index (Phi) is 4.10. The van der Waals surface area contributed by atoms with Gasteiger partial charge in [0.05, 0.1) is 28.3 Å². The van der Waals surface area contributed by atoms with Gasteiger partial charge in [0.25, 0.3) is 0 Å². The fraction of sp³-hybridized carbons (Fsp3) is 0.333. The van der Waals surface area contributed by atoms with Crippen LogP contribution < -0.4 is 4.74 Å². The minimum atomic E-state index is -0.954. The van der Waals surface area contributed by atoms with Gasteiger partial charge in [-0.2, -0.15) is 10.2 Å². The molecule has 0 saturated carbocycles. The maximum Gasteiger partial charge on any atom is 0.313 e. The summed E-state index contributed by atoms with van der Waals surface area (Å²) in [5.41, 5.74) is 0.792. The van der Waals surface area contributed by atoms with E-state index in [9.17, 15) is 10.1 Å². The lowest BCUT2D eigenvalue weighted by molar-refractivity contribution is -0.133. The number of nitrogens with one attached hydrogen (secondary N) is 1. The van der Waals surface area contributed by atoms with Gasteiger partial charge in [-0.1, -0.05) is 11.8 Å². The number of ether oxygens (including phenoxy) is 1. The van der Waals surface area contributed by atoms with Gasteiger partial charge in [-0.25, -0.2) is 4.98 Å². The Balaban J connectivity index is 2.59. The van der Waals surface area contributed by atoms with Crippen LogP contribution in [0.5, 0.6) is 5.88 Å². The van der Waals surface area contributed by atoms with E-state index in [1.54, 1.807) is 6.92 Å². The molecule has 2 aromatic rings. The Hall–Kier alpha value is -2.27. The van der Waals surface area contributed by atoms with Crippen molar-refractivity contribution in [2.75, 3.05) is 12.4 Å². The number of thioether (sulfide) groups is 1. The van der Waals surface area contributed by atoms with Crippen LogP contribution in [-0.4, -0.2) is 38.4 Å². The molecule has 7 nitrogen and oxygen atoms in total. The van der Waals surface area contributed by atoms with Crippen LogP contribution in [0.4, 0.5) is 0 Å². The topological polar surface area (TPSA) is 112 Å². The third-order valence-electron chi connectivity index (χ3n) is 2.43. The van der Waals surface area contributed by atoms with E-state index in [1.807, 2.05) is 6.92 Å². The second kappa shape index (κ2) is 5.79. The monoisotopic (exact) mass is 292 g/mol. The molecule has 20 heavy (non-hydrogen) atoms. The molecule has 2 rings (SSSR count). The van der Waals surface area contributed by atoms with Crippen molar-refractivity contribution in [1.29, 1.82) is 5.26 Å². The molecule has 8 heteroatoms. The molecule has 0 bridgehead atoms. The molecule has 0 aliphatic heterocycles. The molecule has 2 aromatic heterocycles. The van der Waals surface area contributed by atoms with E-state index in [0.717, 1.165) is 11.8 Å². The van der Waals surface area contributed by atoms with E-state index in [2.05, 4.69) is 21.0 Å². The minimum Gasteiger partial charge on any atom is -0.481 e. The second-order valence-corrected chi connectivity index (χ2v) is 4.84. The number of nitriles is 1. The molecule has 2 N–H and O–H groups in total. The lowest BCUT2D eigenvalue weighted by Crippen LogP contribution is -1.99. The van der Waals surface area contributed by atoms with Crippen LogP contribution in [0.3, 0.4) is 0 Å². The van der Waals surface area contributed by atoms with Gasteiger partial charge in [0.1, 0.15) is 17.5 Å². The van der Waals surface area contributed by atoms with Crippen LogP contribution in [0.2, 0.25) is 0 Å². The van der Waals surface area contributed by atoms with E-state index in [4.69, 9.17) is 9.84 Å². The quantitative estimate of drug-likeness (QED) is 0.807. The maximum absolute atomic E-state index is 10.6. The highest BCUT2D eigenvalue weighted by atomic mass is 32.2. The number of hydrogen-bond donors (Lipinski definition) is 2.